The summed E-state index contributed by atoms with van der Waals surface area (Å²) >= 11 is 4.31. The third-order valence-electron chi connectivity index (χ3n) is 6.21. The second-order valence-electron chi connectivity index (χ2n) is 8.34. The lowest BCUT2D eigenvalue weighted by atomic mass is 9.82. The summed E-state index contributed by atoms with van der Waals surface area (Å²) in [7, 11) is 0. The lowest BCUT2D eigenvalue weighted by Gasteiger charge is -2.30. The fourth-order valence-electron chi connectivity index (χ4n) is 4.54. The molecule has 8 heteroatoms. The molecule has 1 aliphatic heterocycles. The zero-order valence-electron chi connectivity index (χ0n) is 18.5. The van der Waals surface area contributed by atoms with Crippen LogP contribution in [0.5, 0.6) is 0 Å². The number of hydrogen-bond donors (Lipinski definition) is 3. The van der Waals surface area contributed by atoms with Gasteiger partial charge in [-0.1, -0.05) is 61.9 Å². The first-order chi connectivity index (χ1) is 16.3. The highest BCUT2D eigenvalue weighted by atomic mass is 32.1. The fourth-order valence-corrected chi connectivity index (χ4v) is 4.84. The van der Waals surface area contributed by atoms with E-state index >= 15 is 0 Å². The number of aliphatic carboxylic acids is 1. The van der Waals surface area contributed by atoms with Crippen LogP contribution in [0, 0.1) is 0 Å². The number of Topliss-reactive ketones (excluding diaryl/α,β-unsaturated/α-hetero) is 1. The van der Waals surface area contributed by atoms with Crippen molar-refractivity contribution in [3.8, 4) is 0 Å². The Morgan fingerprint density at radius 1 is 1.00 bits per heavy atom. The van der Waals surface area contributed by atoms with Gasteiger partial charge in [0.15, 0.2) is 5.78 Å². The molecule has 3 aromatic rings. The minimum absolute atomic E-state index is 0.148. The van der Waals surface area contributed by atoms with Crippen LogP contribution in [0.2, 0.25) is 0 Å². The zero-order chi connectivity index (χ0) is 24.6. The first-order valence-corrected chi connectivity index (χ1v) is 11.4. The van der Waals surface area contributed by atoms with Crippen LogP contribution in [-0.4, -0.2) is 45.7 Å². The highest BCUT2D eigenvalue weighted by Gasteiger charge is 2.46. The van der Waals surface area contributed by atoms with E-state index in [2.05, 4.69) is 12.6 Å². The smallest absolute Gasteiger partial charge is 0.321 e. The van der Waals surface area contributed by atoms with E-state index in [1.54, 1.807) is 30.3 Å². The molecule has 0 spiro atoms. The molecule has 4 rings (SSSR count). The van der Waals surface area contributed by atoms with Gasteiger partial charge < -0.3 is 10.8 Å². The number of amides is 2. The fraction of sp³-hybridized carbons (Fsp3) is 0.231. The molecular weight excluding hydrogens is 452 g/mol. The highest BCUT2D eigenvalue weighted by Crippen LogP contribution is 2.34. The minimum Gasteiger partial charge on any atom is -0.480 e. The van der Waals surface area contributed by atoms with E-state index in [0.29, 0.717) is 16.9 Å². The van der Waals surface area contributed by atoms with E-state index in [9.17, 15) is 24.3 Å². The van der Waals surface area contributed by atoms with Crippen LogP contribution >= 0.6 is 12.6 Å². The molecule has 1 aliphatic rings. The molecule has 0 bridgehead atoms. The maximum absolute atomic E-state index is 13.9. The molecular formula is C26H24N2O5S. The summed E-state index contributed by atoms with van der Waals surface area (Å²) in [6.45, 7) is 1.82. The van der Waals surface area contributed by atoms with Gasteiger partial charge in [-0.3, -0.25) is 24.1 Å². The minimum atomic E-state index is -1.55. The monoisotopic (exact) mass is 476 g/mol. The van der Waals surface area contributed by atoms with E-state index in [4.69, 9.17) is 5.73 Å². The summed E-state index contributed by atoms with van der Waals surface area (Å²) in [4.78, 5) is 53.5. The number of nitrogens with zero attached hydrogens (tertiary/aromatic N) is 1. The molecule has 7 nitrogen and oxygen atoms in total. The first kappa shape index (κ1) is 23.7. The average Bonchev–Trinajstić information content (AvgIpc) is 3.08. The van der Waals surface area contributed by atoms with Crippen molar-refractivity contribution >= 4 is 47.0 Å². The van der Waals surface area contributed by atoms with Crippen molar-refractivity contribution in [1.29, 1.82) is 0 Å². The molecule has 3 aromatic carbocycles. The number of carboxylic acid groups (broad SMARTS) is 1. The van der Waals surface area contributed by atoms with Gasteiger partial charge >= 0.3 is 5.97 Å². The normalized spacial score (nSPS) is 15.8. The number of ketones is 1. The number of hydrogen-bond acceptors (Lipinski definition) is 6. The van der Waals surface area contributed by atoms with Crippen LogP contribution < -0.4 is 5.73 Å². The standard InChI is InChI=1S/C26H24N2O5S/c1-2-6-18(28-24(30)17-9-5-10-19(34)21(17)25(28)31)23(29)20(22(27)26(32)33)16-12-11-14-7-3-4-8-15(14)13-16/h3-5,7-13,18,20,22,34H,2,6,27H2,1H3,(H,32,33). The number of carboxylic acids is 1. The van der Waals surface area contributed by atoms with E-state index in [1.165, 1.54) is 6.07 Å². The Morgan fingerprint density at radius 3 is 2.35 bits per heavy atom. The quantitative estimate of drug-likeness (QED) is 0.337. The molecule has 0 saturated carbocycles. The zero-order valence-corrected chi connectivity index (χ0v) is 19.4. The Balaban J connectivity index is 1.80. The van der Waals surface area contributed by atoms with Gasteiger partial charge in [-0.05, 0) is 34.9 Å². The maximum Gasteiger partial charge on any atom is 0.321 e. The second kappa shape index (κ2) is 9.40. The average molecular weight is 477 g/mol. The van der Waals surface area contributed by atoms with E-state index in [1.807, 2.05) is 31.2 Å². The Hall–Kier alpha value is -3.49. The predicted octanol–water partition coefficient (Wildman–Crippen LogP) is 3.66. The van der Waals surface area contributed by atoms with Crippen LogP contribution in [0.3, 0.4) is 0 Å². The third kappa shape index (κ3) is 3.99. The van der Waals surface area contributed by atoms with Gasteiger partial charge in [0.05, 0.1) is 23.1 Å². The Labute approximate surface area is 202 Å². The predicted molar refractivity (Wildman–Crippen MR) is 130 cm³/mol. The van der Waals surface area contributed by atoms with E-state index < -0.39 is 41.6 Å². The van der Waals surface area contributed by atoms with Gasteiger partial charge in [0, 0.05) is 4.90 Å². The van der Waals surface area contributed by atoms with Crippen molar-refractivity contribution in [1.82, 2.24) is 4.90 Å². The maximum atomic E-state index is 13.9. The molecule has 0 aliphatic carbocycles. The topological polar surface area (TPSA) is 118 Å². The summed E-state index contributed by atoms with van der Waals surface area (Å²) < 4.78 is 0. The highest BCUT2D eigenvalue weighted by molar-refractivity contribution is 7.80. The summed E-state index contributed by atoms with van der Waals surface area (Å²) in [5, 5.41) is 11.4. The summed E-state index contributed by atoms with van der Waals surface area (Å²) in [5.74, 6) is -4.38. The molecule has 34 heavy (non-hydrogen) atoms. The molecule has 1 heterocycles. The molecule has 3 N–H and O–H groups in total. The molecule has 0 fully saturated rings. The van der Waals surface area contributed by atoms with Crippen LogP contribution in [0.25, 0.3) is 10.8 Å². The number of benzene rings is 3. The summed E-state index contributed by atoms with van der Waals surface area (Å²) in [5.41, 5.74) is 6.77. The van der Waals surface area contributed by atoms with Crippen molar-refractivity contribution in [2.45, 2.75) is 42.7 Å². The number of imide groups is 1. The Kier molecular flexibility index (Phi) is 6.54. The number of carbonyl (C=O) groups is 4. The number of thiol groups is 1. The van der Waals surface area contributed by atoms with Crippen LogP contribution in [0.4, 0.5) is 0 Å². The lowest BCUT2D eigenvalue weighted by Crippen LogP contribution is -2.51. The van der Waals surface area contributed by atoms with Gasteiger partial charge in [-0.15, -0.1) is 12.6 Å². The van der Waals surface area contributed by atoms with Crippen molar-refractivity contribution in [3.63, 3.8) is 0 Å². The van der Waals surface area contributed by atoms with E-state index in [0.717, 1.165) is 15.7 Å². The lowest BCUT2D eigenvalue weighted by molar-refractivity contribution is -0.141. The van der Waals surface area contributed by atoms with E-state index in [-0.39, 0.29) is 17.5 Å². The Morgan fingerprint density at radius 2 is 1.71 bits per heavy atom. The van der Waals surface area contributed by atoms with Crippen LogP contribution in [0.15, 0.2) is 65.6 Å². The summed E-state index contributed by atoms with van der Waals surface area (Å²) in [6.07, 6.45) is 0.674. The van der Waals surface area contributed by atoms with Crippen molar-refractivity contribution < 1.29 is 24.3 Å². The van der Waals surface area contributed by atoms with Gasteiger partial charge in [-0.25, -0.2) is 0 Å². The molecule has 3 atom stereocenters. The van der Waals surface area contributed by atoms with Gasteiger partial charge in [0.1, 0.15) is 6.04 Å². The van der Waals surface area contributed by atoms with Crippen LogP contribution in [-0.2, 0) is 9.59 Å². The number of nitrogens with two attached hydrogens (primary N) is 1. The van der Waals surface area contributed by atoms with Crippen molar-refractivity contribution in [2.24, 2.45) is 5.73 Å². The molecule has 2 amide bonds. The van der Waals surface area contributed by atoms with Crippen molar-refractivity contribution in [2.75, 3.05) is 0 Å². The van der Waals surface area contributed by atoms with Crippen molar-refractivity contribution in [3.05, 3.63) is 77.4 Å². The largest absolute Gasteiger partial charge is 0.480 e. The van der Waals surface area contributed by atoms with Gasteiger partial charge in [0.2, 0.25) is 0 Å². The third-order valence-corrected chi connectivity index (χ3v) is 6.58. The molecule has 0 radical (unpaired) electrons. The molecule has 0 saturated heterocycles. The molecule has 0 aromatic heterocycles. The SMILES string of the molecule is CCCC(C(=O)C(c1ccc2ccccc2c1)C(N)C(=O)O)N1C(=O)c2cccc(S)c2C1=O. The molecule has 174 valence electrons. The van der Waals surface area contributed by atoms with Crippen LogP contribution in [0.1, 0.15) is 52.0 Å². The number of rotatable bonds is 8. The van der Waals surface area contributed by atoms with Gasteiger partial charge in [-0.2, -0.15) is 0 Å². The molecule has 3 unspecified atom stereocenters. The number of carbonyl (C=O) groups excluding carboxylic acids is 3. The second-order valence-corrected chi connectivity index (χ2v) is 8.82. The first-order valence-electron chi connectivity index (χ1n) is 11.0. The number of fused-ring (bicyclic) bond motifs is 2. The summed E-state index contributed by atoms with van der Waals surface area (Å²) in [6, 6.07) is 14.7. The Bertz CT molecular complexity index is 1320. The van der Waals surface area contributed by atoms with Gasteiger partial charge in [0.25, 0.3) is 11.8 Å².